The summed E-state index contributed by atoms with van der Waals surface area (Å²) < 4.78 is 6.04. The lowest BCUT2D eigenvalue weighted by atomic mass is 10.0. The van der Waals surface area contributed by atoms with Crippen LogP contribution in [-0.4, -0.2) is 36.1 Å². The van der Waals surface area contributed by atoms with Crippen LogP contribution in [0.2, 0.25) is 0 Å². The van der Waals surface area contributed by atoms with E-state index in [2.05, 4.69) is 41.1 Å². The Morgan fingerprint density at radius 3 is 2.88 bits per heavy atom. The highest BCUT2D eigenvalue weighted by molar-refractivity contribution is 5.67. The zero-order valence-electron chi connectivity index (χ0n) is 14.9. The lowest BCUT2D eigenvalue weighted by Crippen LogP contribution is -2.35. The molecule has 1 aromatic rings. The average Bonchev–Trinajstić information content (AvgIpc) is 2.85. The first-order valence-electron chi connectivity index (χ1n) is 9.46. The van der Waals surface area contributed by atoms with Gasteiger partial charge in [0, 0.05) is 31.9 Å². The van der Waals surface area contributed by atoms with Gasteiger partial charge in [0.15, 0.2) is 0 Å². The van der Waals surface area contributed by atoms with Crippen LogP contribution < -0.4 is 0 Å². The Morgan fingerprint density at radius 2 is 2.04 bits per heavy atom. The summed E-state index contributed by atoms with van der Waals surface area (Å²) in [4.78, 5) is 6.70. The molecule has 0 aromatic carbocycles. The van der Waals surface area contributed by atoms with E-state index in [4.69, 9.17) is 4.74 Å². The quantitative estimate of drug-likeness (QED) is 0.710. The molecule has 0 N–H and O–H groups in total. The fourth-order valence-corrected chi connectivity index (χ4v) is 3.72. The van der Waals surface area contributed by atoms with Crippen molar-refractivity contribution in [2.75, 3.05) is 26.2 Å². The molecule has 1 atom stereocenters. The highest BCUT2D eigenvalue weighted by atomic mass is 16.5. The standard InChI is InChI=1S/C21H30N2O/c1-18-5-3-14-23(17-18)15-4-16-24-21-7-2-6-19(8-9-21)20-10-12-22-13-11-20/h8-13,18H,2-7,14-17H2,1H3/t18-/m0/s1. The Kier molecular flexibility index (Phi) is 6.48. The van der Waals surface area contributed by atoms with E-state index in [0.29, 0.717) is 0 Å². The van der Waals surface area contributed by atoms with Gasteiger partial charge in [-0.3, -0.25) is 4.98 Å². The third kappa shape index (κ3) is 5.20. The molecule has 3 nitrogen and oxygen atoms in total. The van der Waals surface area contributed by atoms with Crippen LogP contribution in [0.15, 0.2) is 42.4 Å². The lowest BCUT2D eigenvalue weighted by molar-refractivity contribution is 0.147. The van der Waals surface area contributed by atoms with Crippen molar-refractivity contribution in [3.63, 3.8) is 0 Å². The van der Waals surface area contributed by atoms with Gasteiger partial charge in [-0.15, -0.1) is 0 Å². The Hall–Kier alpha value is -1.61. The number of ether oxygens (including phenoxy) is 1. The molecule has 1 aliphatic heterocycles. The van der Waals surface area contributed by atoms with Crippen molar-refractivity contribution in [2.45, 2.75) is 45.4 Å². The zero-order chi connectivity index (χ0) is 16.6. The van der Waals surface area contributed by atoms with Crippen LogP contribution in [0.25, 0.3) is 5.57 Å². The molecule has 0 bridgehead atoms. The third-order valence-electron chi connectivity index (χ3n) is 5.04. The maximum absolute atomic E-state index is 6.04. The third-order valence-corrected chi connectivity index (χ3v) is 5.04. The van der Waals surface area contributed by atoms with Crippen molar-refractivity contribution in [2.24, 2.45) is 5.92 Å². The monoisotopic (exact) mass is 326 g/mol. The summed E-state index contributed by atoms with van der Waals surface area (Å²) in [5.41, 5.74) is 2.67. The molecule has 1 aromatic heterocycles. The molecule has 1 saturated heterocycles. The molecule has 3 rings (SSSR count). The van der Waals surface area contributed by atoms with Crippen molar-refractivity contribution in [3.05, 3.63) is 48.0 Å². The SMILES string of the molecule is C[C@H]1CCCN(CCCOC2=CC=C(c3ccncc3)CCC2)C1. The molecule has 2 aliphatic rings. The Labute approximate surface area is 146 Å². The van der Waals surface area contributed by atoms with Gasteiger partial charge in [-0.2, -0.15) is 0 Å². The van der Waals surface area contributed by atoms with E-state index in [9.17, 15) is 0 Å². The normalized spacial score (nSPS) is 22.5. The number of nitrogens with zero attached hydrogens (tertiary/aromatic N) is 2. The molecule has 0 amide bonds. The van der Waals surface area contributed by atoms with Gasteiger partial charge in [0.25, 0.3) is 0 Å². The van der Waals surface area contributed by atoms with Crippen LogP contribution in [-0.2, 0) is 4.74 Å². The van der Waals surface area contributed by atoms with Gasteiger partial charge in [-0.25, -0.2) is 0 Å². The van der Waals surface area contributed by atoms with Crippen molar-refractivity contribution in [1.82, 2.24) is 9.88 Å². The zero-order valence-corrected chi connectivity index (χ0v) is 14.9. The number of allylic oxidation sites excluding steroid dienone is 4. The fourth-order valence-electron chi connectivity index (χ4n) is 3.72. The lowest BCUT2D eigenvalue weighted by Gasteiger charge is -2.30. The Balaban J connectivity index is 1.43. The van der Waals surface area contributed by atoms with Crippen molar-refractivity contribution in [3.8, 4) is 0 Å². The van der Waals surface area contributed by atoms with Crippen LogP contribution in [0.3, 0.4) is 0 Å². The highest BCUT2D eigenvalue weighted by Crippen LogP contribution is 2.25. The van der Waals surface area contributed by atoms with Gasteiger partial charge in [0.2, 0.25) is 0 Å². The van der Waals surface area contributed by atoms with Gasteiger partial charge >= 0.3 is 0 Å². The topological polar surface area (TPSA) is 25.4 Å². The van der Waals surface area contributed by atoms with Crippen LogP contribution >= 0.6 is 0 Å². The molecular formula is C21H30N2O. The summed E-state index contributed by atoms with van der Waals surface area (Å²) in [6.07, 6.45) is 15.3. The first-order chi connectivity index (χ1) is 11.8. The number of pyridine rings is 1. The van der Waals surface area contributed by atoms with Gasteiger partial charge in [0.1, 0.15) is 0 Å². The average molecular weight is 326 g/mol. The molecule has 2 heterocycles. The second-order valence-corrected chi connectivity index (χ2v) is 7.16. The minimum absolute atomic E-state index is 0.842. The van der Waals surface area contributed by atoms with E-state index >= 15 is 0 Å². The number of aromatic nitrogens is 1. The molecule has 0 unspecified atom stereocenters. The molecule has 3 heteroatoms. The van der Waals surface area contributed by atoms with Crippen molar-refractivity contribution < 1.29 is 4.74 Å². The van der Waals surface area contributed by atoms with E-state index in [0.717, 1.165) is 44.0 Å². The number of hydrogen-bond donors (Lipinski definition) is 0. The molecular weight excluding hydrogens is 296 g/mol. The molecule has 0 saturated carbocycles. The van der Waals surface area contributed by atoms with E-state index in [1.165, 1.54) is 43.6 Å². The number of piperidine rings is 1. The fraction of sp³-hybridized carbons (Fsp3) is 0.571. The van der Waals surface area contributed by atoms with Crippen molar-refractivity contribution in [1.29, 1.82) is 0 Å². The first kappa shape index (κ1) is 17.2. The predicted molar refractivity (Wildman–Crippen MR) is 99.6 cm³/mol. The van der Waals surface area contributed by atoms with Crippen LogP contribution in [0.1, 0.15) is 51.0 Å². The van der Waals surface area contributed by atoms with E-state index in [-0.39, 0.29) is 0 Å². The molecule has 130 valence electrons. The smallest absolute Gasteiger partial charge is 0.0959 e. The minimum atomic E-state index is 0.842. The Bertz CT molecular complexity index is 564. The summed E-state index contributed by atoms with van der Waals surface area (Å²) in [5.74, 6) is 2.01. The minimum Gasteiger partial charge on any atom is -0.498 e. The second-order valence-electron chi connectivity index (χ2n) is 7.16. The first-order valence-corrected chi connectivity index (χ1v) is 9.46. The van der Waals surface area contributed by atoms with Gasteiger partial charge in [0.05, 0.1) is 12.4 Å². The summed E-state index contributed by atoms with van der Waals surface area (Å²) in [7, 11) is 0. The van der Waals surface area contributed by atoms with E-state index < -0.39 is 0 Å². The summed E-state index contributed by atoms with van der Waals surface area (Å²) >= 11 is 0. The molecule has 0 radical (unpaired) electrons. The Morgan fingerprint density at radius 1 is 1.17 bits per heavy atom. The van der Waals surface area contributed by atoms with Gasteiger partial charge < -0.3 is 9.64 Å². The van der Waals surface area contributed by atoms with Gasteiger partial charge in [-0.1, -0.05) is 13.0 Å². The molecule has 1 fully saturated rings. The van der Waals surface area contributed by atoms with Crippen LogP contribution in [0, 0.1) is 5.92 Å². The summed E-state index contributed by atoms with van der Waals surface area (Å²) in [6, 6.07) is 4.18. The predicted octanol–water partition coefficient (Wildman–Crippen LogP) is 4.67. The van der Waals surface area contributed by atoms with E-state index in [1.54, 1.807) is 0 Å². The number of rotatable bonds is 6. The largest absolute Gasteiger partial charge is 0.498 e. The number of likely N-dealkylation sites (tertiary alicyclic amines) is 1. The van der Waals surface area contributed by atoms with Crippen molar-refractivity contribution >= 4 is 5.57 Å². The van der Waals surface area contributed by atoms with Gasteiger partial charge in [-0.05, 0) is 73.9 Å². The maximum Gasteiger partial charge on any atom is 0.0959 e. The van der Waals surface area contributed by atoms with Crippen LogP contribution in [0.5, 0.6) is 0 Å². The van der Waals surface area contributed by atoms with E-state index in [1.807, 2.05) is 12.4 Å². The maximum atomic E-state index is 6.04. The molecule has 1 aliphatic carbocycles. The summed E-state index contributed by atoms with van der Waals surface area (Å²) in [6.45, 7) is 6.92. The summed E-state index contributed by atoms with van der Waals surface area (Å²) in [5, 5.41) is 0. The van der Waals surface area contributed by atoms with Crippen LogP contribution in [0.4, 0.5) is 0 Å². The highest BCUT2D eigenvalue weighted by Gasteiger charge is 2.15. The molecule has 24 heavy (non-hydrogen) atoms. The number of hydrogen-bond acceptors (Lipinski definition) is 3. The molecule has 0 spiro atoms. The second kappa shape index (κ2) is 9.03.